The van der Waals surface area contributed by atoms with Crippen LogP contribution in [0.25, 0.3) is 0 Å². The van der Waals surface area contributed by atoms with Gasteiger partial charge in [0.25, 0.3) is 0 Å². The van der Waals surface area contributed by atoms with E-state index in [4.69, 9.17) is 4.74 Å². The van der Waals surface area contributed by atoms with Crippen LogP contribution in [-0.4, -0.2) is 44.7 Å². The molecule has 0 amide bonds. The lowest BCUT2D eigenvalue weighted by atomic mass is 10.1. The minimum atomic E-state index is 0.0359. The van der Waals surface area contributed by atoms with E-state index in [9.17, 15) is 0 Å². The van der Waals surface area contributed by atoms with Crippen molar-refractivity contribution >= 4 is 5.96 Å². The molecule has 0 bridgehead atoms. The molecule has 2 rings (SSSR count). The van der Waals surface area contributed by atoms with Crippen molar-refractivity contribution < 1.29 is 4.74 Å². The van der Waals surface area contributed by atoms with Crippen LogP contribution in [0.1, 0.15) is 23.6 Å². The minimum Gasteiger partial charge on any atom is -0.489 e. The SMILES string of the molecule is CN=C(NCc1cccc(CN(C)C)c1)NCC(C)Oc1cccc(C)c1. The van der Waals surface area contributed by atoms with Crippen molar-refractivity contribution in [1.29, 1.82) is 0 Å². The Morgan fingerprint density at radius 3 is 2.52 bits per heavy atom. The lowest BCUT2D eigenvalue weighted by Crippen LogP contribution is -2.41. The number of nitrogens with one attached hydrogen (secondary N) is 2. The van der Waals surface area contributed by atoms with Crippen LogP contribution in [0.2, 0.25) is 0 Å². The average Bonchev–Trinajstić information content (AvgIpc) is 2.61. The number of aryl methyl sites for hydroxylation is 1. The standard InChI is InChI=1S/C22H32N4O/c1-17-8-6-11-21(12-17)27-18(2)14-24-22(23-3)25-15-19-9-7-10-20(13-19)16-26(4)5/h6-13,18H,14-16H2,1-5H3,(H2,23,24,25). The van der Waals surface area contributed by atoms with E-state index in [0.29, 0.717) is 6.54 Å². The van der Waals surface area contributed by atoms with Crippen molar-refractivity contribution in [2.24, 2.45) is 4.99 Å². The number of rotatable bonds is 8. The quantitative estimate of drug-likeness (QED) is 0.555. The Hall–Kier alpha value is -2.53. The first kappa shape index (κ1) is 20.8. The second-order valence-electron chi connectivity index (χ2n) is 7.11. The zero-order chi connectivity index (χ0) is 19.6. The monoisotopic (exact) mass is 368 g/mol. The summed E-state index contributed by atoms with van der Waals surface area (Å²) in [5.74, 6) is 1.66. The molecule has 5 heteroatoms. The molecule has 0 saturated heterocycles. The van der Waals surface area contributed by atoms with Gasteiger partial charge in [-0.05, 0) is 56.8 Å². The van der Waals surface area contributed by atoms with Crippen molar-refractivity contribution in [2.75, 3.05) is 27.7 Å². The highest BCUT2D eigenvalue weighted by Crippen LogP contribution is 2.13. The third kappa shape index (κ3) is 7.71. The number of hydrogen-bond donors (Lipinski definition) is 2. The molecule has 0 spiro atoms. The van der Waals surface area contributed by atoms with Gasteiger partial charge in [-0.15, -0.1) is 0 Å². The fourth-order valence-corrected chi connectivity index (χ4v) is 2.81. The van der Waals surface area contributed by atoms with Gasteiger partial charge in [-0.25, -0.2) is 0 Å². The first-order valence-corrected chi connectivity index (χ1v) is 9.36. The molecule has 0 radical (unpaired) electrons. The minimum absolute atomic E-state index is 0.0359. The Labute approximate surface area is 163 Å². The zero-order valence-electron chi connectivity index (χ0n) is 17.1. The highest BCUT2D eigenvalue weighted by Gasteiger charge is 2.06. The van der Waals surface area contributed by atoms with Crippen LogP contribution in [0.15, 0.2) is 53.5 Å². The fourth-order valence-electron chi connectivity index (χ4n) is 2.81. The topological polar surface area (TPSA) is 48.9 Å². The van der Waals surface area contributed by atoms with Gasteiger partial charge >= 0.3 is 0 Å². The lowest BCUT2D eigenvalue weighted by Gasteiger charge is -2.18. The average molecular weight is 369 g/mol. The summed E-state index contributed by atoms with van der Waals surface area (Å²) in [6.07, 6.45) is 0.0359. The van der Waals surface area contributed by atoms with Crippen molar-refractivity contribution in [1.82, 2.24) is 15.5 Å². The van der Waals surface area contributed by atoms with Gasteiger partial charge in [0, 0.05) is 20.1 Å². The van der Waals surface area contributed by atoms with E-state index in [1.54, 1.807) is 7.05 Å². The second kappa shape index (κ2) is 10.6. The van der Waals surface area contributed by atoms with Crippen LogP contribution < -0.4 is 15.4 Å². The third-order valence-corrected chi connectivity index (χ3v) is 4.06. The maximum Gasteiger partial charge on any atom is 0.191 e. The van der Waals surface area contributed by atoms with Crippen LogP contribution >= 0.6 is 0 Å². The number of benzene rings is 2. The maximum absolute atomic E-state index is 5.96. The van der Waals surface area contributed by atoms with Crippen molar-refractivity contribution in [3.05, 3.63) is 65.2 Å². The van der Waals surface area contributed by atoms with Gasteiger partial charge < -0.3 is 20.3 Å². The first-order valence-electron chi connectivity index (χ1n) is 9.36. The van der Waals surface area contributed by atoms with Crippen LogP contribution in [-0.2, 0) is 13.1 Å². The van der Waals surface area contributed by atoms with E-state index in [1.165, 1.54) is 16.7 Å². The summed E-state index contributed by atoms with van der Waals surface area (Å²) in [5.41, 5.74) is 3.74. The number of guanidine groups is 1. The molecule has 0 fully saturated rings. The second-order valence-corrected chi connectivity index (χ2v) is 7.11. The van der Waals surface area contributed by atoms with Gasteiger partial charge in [0.1, 0.15) is 11.9 Å². The van der Waals surface area contributed by atoms with Crippen LogP contribution in [0.3, 0.4) is 0 Å². The number of nitrogens with zero attached hydrogens (tertiary/aromatic N) is 2. The van der Waals surface area contributed by atoms with Crippen LogP contribution in [0, 0.1) is 6.92 Å². The molecule has 0 aliphatic carbocycles. The van der Waals surface area contributed by atoms with E-state index in [1.807, 2.05) is 25.1 Å². The third-order valence-electron chi connectivity index (χ3n) is 4.06. The molecule has 27 heavy (non-hydrogen) atoms. The smallest absolute Gasteiger partial charge is 0.191 e. The molecular weight excluding hydrogens is 336 g/mol. The highest BCUT2D eigenvalue weighted by molar-refractivity contribution is 5.79. The van der Waals surface area contributed by atoms with E-state index in [-0.39, 0.29) is 6.10 Å². The Morgan fingerprint density at radius 2 is 1.81 bits per heavy atom. The molecule has 5 nitrogen and oxygen atoms in total. The zero-order valence-corrected chi connectivity index (χ0v) is 17.1. The van der Waals surface area contributed by atoms with Crippen molar-refractivity contribution in [3.63, 3.8) is 0 Å². The first-order chi connectivity index (χ1) is 13.0. The molecule has 2 aromatic carbocycles. The van der Waals surface area contributed by atoms with Crippen LogP contribution in [0.4, 0.5) is 0 Å². The summed E-state index contributed by atoms with van der Waals surface area (Å²) in [4.78, 5) is 6.47. The van der Waals surface area contributed by atoms with Gasteiger partial charge in [0.15, 0.2) is 5.96 Å². The number of hydrogen-bond acceptors (Lipinski definition) is 3. The lowest BCUT2D eigenvalue weighted by molar-refractivity contribution is 0.223. The number of ether oxygens (including phenoxy) is 1. The summed E-state index contributed by atoms with van der Waals surface area (Å²) >= 11 is 0. The Kier molecular flexibility index (Phi) is 8.14. The Morgan fingerprint density at radius 1 is 1.07 bits per heavy atom. The van der Waals surface area contributed by atoms with E-state index < -0.39 is 0 Å². The van der Waals surface area contributed by atoms with Crippen molar-refractivity contribution in [2.45, 2.75) is 33.0 Å². The van der Waals surface area contributed by atoms with E-state index in [0.717, 1.165) is 24.8 Å². The van der Waals surface area contributed by atoms with Gasteiger partial charge in [-0.2, -0.15) is 0 Å². The van der Waals surface area contributed by atoms with Gasteiger partial charge in [-0.3, -0.25) is 4.99 Å². The Bertz CT molecular complexity index is 743. The molecule has 0 saturated carbocycles. The van der Waals surface area contributed by atoms with Gasteiger partial charge in [-0.1, -0.05) is 36.4 Å². The Balaban J connectivity index is 1.80. The molecule has 0 aromatic heterocycles. The molecule has 1 atom stereocenters. The molecule has 0 aliphatic rings. The predicted octanol–water partition coefficient (Wildman–Crippen LogP) is 3.19. The molecular formula is C22H32N4O. The normalized spacial score (nSPS) is 12.7. The molecule has 0 aliphatic heterocycles. The molecule has 146 valence electrons. The van der Waals surface area contributed by atoms with E-state index >= 15 is 0 Å². The molecule has 0 heterocycles. The molecule has 2 aromatic rings. The largest absolute Gasteiger partial charge is 0.489 e. The molecule has 2 N–H and O–H groups in total. The van der Waals surface area contributed by atoms with Gasteiger partial charge in [0.05, 0.1) is 6.54 Å². The van der Waals surface area contributed by atoms with E-state index in [2.05, 4.69) is 71.9 Å². The fraction of sp³-hybridized carbons (Fsp3) is 0.409. The summed E-state index contributed by atoms with van der Waals surface area (Å²) < 4.78 is 5.96. The highest BCUT2D eigenvalue weighted by atomic mass is 16.5. The number of aliphatic imine (C=N–C) groups is 1. The molecule has 1 unspecified atom stereocenters. The summed E-state index contributed by atoms with van der Waals surface area (Å²) in [5, 5.41) is 6.69. The van der Waals surface area contributed by atoms with Crippen molar-refractivity contribution in [3.8, 4) is 5.75 Å². The predicted molar refractivity (Wildman–Crippen MR) is 113 cm³/mol. The van der Waals surface area contributed by atoms with Gasteiger partial charge in [0.2, 0.25) is 0 Å². The maximum atomic E-state index is 5.96. The summed E-state index contributed by atoms with van der Waals surface area (Å²) in [7, 11) is 5.94. The summed E-state index contributed by atoms with van der Waals surface area (Å²) in [6, 6.07) is 16.7. The van der Waals surface area contributed by atoms with Crippen LogP contribution in [0.5, 0.6) is 5.75 Å². The summed E-state index contributed by atoms with van der Waals surface area (Å²) in [6.45, 7) is 6.46.